The van der Waals surface area contributed by atoms with E-state index in [1.165, 1.54) is 0 Å². The maximum Gasteiger partial charge on any atom is 0.401 e. The average Bonchev–Trinajstić information content (AvgIpc) is 2.51. The zero-order valence-electron chi connectivity index (χ0n) is 13.0. The number of alkyl halides is 3. The molecule has 0 aliphatic rings. The fraction of sp³-hybridized carbons (Fsp3) is 0.353. The molecule has 0 bridgehead atoms. The first-order chi connectivity index (χ1) is 11.4. The zero-order chi connectivity index (χ0) is 17.6. The third-order valence-corrected chi connectivity index (χ3v) is 3.47. The number of fused-ring (bicyclic) bond motifs is 1. The van der Waals surface area contributed by atoms with Gasteiger partial charge in [-0.05, 0) is 17.9 Å². The van der Waals surface area contributed by atoms with E-state index in [0.29, 0.717) is 5.69 Å². The Morgan fingerprint density at radius 1 is 1.12 bits per heavy atom. The van der Waals surface area contributed by atoms with Crippen LogP contribution in [0.5, 0.6) is 0 Å². The summed E-state index contributed by atoms with van der Waals surface area (Å²) in [5, 5.41) is 13.2. The fourth-order valence-electron chi connectivity index (χ4n) is 2.49. The highest BCUT2D eigenvalue weighted by Crippen LogP contribution is 2.23. The smallest absolute Gasteiger partial charge is 0.396 e. The third kappa shape index (κ3) is 5.50. The van der Waals surface area contributed by atoms with E-state index in [1.54, 1.807) is 12.1 Å². The second kappa shape index (κ2) is 8.12. The lowest BCUT2D eigenvalue weighted by atomic mass is 10.1. The van der Waals surface area contributed by atoms with Gasteiger partial charge in [-0.1, -0.05) is 36.4 Å². The van der Waals surface area contributed by atoms with E-state index in [1.807, 2.05) is 30.3 Å². The average molecular weight is 340 g/mol. The van der Waals surface area contributed by atoms with Crippen LogP contribution in [-0.2, 0) is 4.79 Å². The van der Waals surface area contributed by atoms with Gasteiger partial charge in [-0.25, -0.2) is 0 Å². The van der Waals surface area contributed by atoms with E-state index in [4.69, 9.17) is 5.11 Å². The lowest BCUT2D eigenvalue weighted by molar-refractivity contribution is -0.148. The van der Waals surface area contributed by atoms with Crippen LogP contribution in [0.2, 0.25) is 0 Å². The maximum atomic E-state index is 12.6. The minimum atomic E-state index is -4.39. The Bertz CT molecular complexity index is 684. The normalized spacial score (nSPS) is 11.9. The Balaban J connectivity index is 2.06. The lowest BCUT2D eigenvalue weighted by Gasteiger charge is -2.22. The highest BCUT2D eigenvalue weighted by Gasteiger charge is 2.31. The molecule has 0 saturated heterocycles. The molecule has 2 rings (SSSR count). The Morgan fingerprint density at radius 3 is 2.54 bits per heavy atom. The van der Waals surface area contributed by atoms with Crippen LogP contribution in [0.25, 0.3) is 10.8 Å². The van der Waals surface area contributed by atoms with E-state index in [-0.39, 0.29) is 26.1 Å². The SMILES string of the molecule is O=C(CN(CCCO)CC(F)(F)F)Nc1cccc2ccccc12. The molecule has 0 unspecified atom stereocenters. The van der Waals surface area contributed by atoms with Crippen molar-refractivity contribution < 1.29 is 23.1 Å². The summed E-state index contributed by atoms with van der Waals surface area (Å²) in [6.07, 6.45) is -4.22. The Hall–Kier alpha value is -2.12. The van der Waals surface area contributed by atoms with E-state index in [9.17, 15) is 18.0 Å². The molecule has 24 heavy (non-hydrogen) atoms. The molecule has 0 radical (unpaired) electrons. The summed E-state index contributed by atoms with van der Waals surface area (Å²) in [5.74, 6) is -0.520. The topological polar surface area (TPSA) is 52.6 Å². The van der Waals surface area contributed by atoms with Crippen molar-refractivity contribution in [3.63, 3.8) is 0 Å². The molecule has 2 aromatic carbocycles. The molecular weight excluding hydrogens is 321 g/mol. The Kier molecular flexibility index (Phi) is 6.16. The van der Waals surface area contributed by atoms with Gasteiger partial charge in [0.2, 0.25) is 5.91 Å². The van der Waals surface area contributed by atoms with Crippen molar-refractivity contribution >= 4 is 22.4 Å². The number of amides is 1. The summed E-state index contributed by atoms with van der Waals surface area (Å²) < 4.78 is 37.7. The minimum absolute atomic E-state index is 0.00102. The van der Waals surface area contributed by atoms with Gasteiger partial charge in [0.05, 0.1) is 13.1 Å². The van der Waals surface area contributed by atoms with Gasteiger partial charge >= 0.3 is 6.18 Å². The number of hydrogen-bond donors (Lipinski definition) is 2. The van der Waals surface area contributed by atoms with Crippen LogP contribution in [-0.4, -0.2) is 48.3 Å². The number of carbonyl (C=O) groups is 1. The van der Waals surface area contributed by atoms with Crippen molar-refractivity contribution in [2.24, 2.45) is 0 Å². The number of benzene rings is 2. The maximum absolute atomic E-state index is 12.6. The molecule has 0 heterocycles. The number of nitrogens with zero attached hydrogens (tertiary/aromatic N) is 1. The first kappa shape index (κ1) is 18.2. The number of halogens is 3. The van der Waals surface area contributed by atoms with Crippen LogP contribution in [0.3, 0.4) is 0 Å². The quantitative estimate of drug-likeness (QED) is 0.815. The van der Waals surface area contributed by atoms with Crippen LogP contribution in [0.15, 0.2) is 42.5 Å². The van der Waals surface area contributed by atoms with Gasteiger partial charge in [0.25, 0.3) is 0 Å². The standard InChI is InChI=1S/C17H19F3N2O2/c18-17(19,20)12-22(9-4-10-23)11-16(24)21-15-8-3-6-13-5-1-2-7-14(13)15/h1-3,5-8,23H,4,9-12H2,(H,21,24). The molecule has 7 heteroatoms. The number of anilines is 1. The largest absolute Gasteiger partial charge is 0.401 e. The van der Waals surface area contributed by atoms with Crippen molar-refractivity contribution in [2.75, 3.05) is 31.6 Å². The van der Waals surface area contributed by atoms with Crippen molar-refractivity contribution in [2.45, 2.75) is 12.6 Å². The van der Waals surface area contributed by atoms with E-state index in [0.717, 1.165) is 15.7 Å². The van der Waals surface area contributed by atoms with Crippen molar-refractivity contribution in [3.8, 4) is 0 Å². The summed E-state index contributed by atoms with van der Waals surface area (Å²) in [6.45, 7) is -1.79. The second-order valence-electron chi connectivity index (χ2n) is 5.48. The molecule has 130 valence electrons. The molecule has 0 aliphatic heterocycles. The van der Waals surface area contributed by atoms with Gasteiger partial charge in [-0.2, -0.15) is 13.2 Å². The zero-order valence-corrected chi connectivity index (χ0v) is 13.0. The molecule has 4 nitrogen and oxygen atoms in total. The van der Waals surface area contributed by atoms with Gasteiger partial charge in [0.15, 0.2) is 0 Å². The summed E-state index contributed by atoms with van der Waals surface area (Å²) in [6, 6.07) is 12.8. The van der Waals surface area contributed by atoms with Gasteiger partial charge in [0.1, 0.15) is 0 Å². The fourth-order valence-corrected chi connectivity index (χ4v) is 2.49. The van der Waals surface area contributed by atoms with Crippen molar-refractivity contribution in [1.29, 1.82) is 0 Å². The molecule has 0 spiro atoms. The van der Waals surface area contributed by atoms with Crippen molar-refractivity contribution in [3.05, 3.63) is 42.5 Å². The number of hydrogen-bond acceptors (Lipinski definition) is 3. The summed E-state index contributed by atoms with van der Waals surface area (Å²) >= 11 is 0. The van der Waals surface area contributed by atoms with Crippen molar-refractivity contribution in [1.82, 2.24) is 4.90 Å². The number of rotatable bonds is 7. The molecule has 0 fully saturated rings. The van der Waals surface area contributed by atoms with Crippen LogP contribution >= 0.6 is 0 Å². The van der Waals surface area contributed by atoms with Crippen LogP contribution in [0, 0.1) is 0 Å². The first-order valence-electron chi connectivity index (χ1n) is 7.56. The van der Waals surface area contributed by atoms with E-state index in [2.05, 4.69) is 5.32 Å². The molecule has 0 atom stereocenters. The molecule has 2 N–H and O–H groups in total. The predicted molar refractivity (Wildman–Crippen MR) is 86.8 cm³/mol. The summed E-state index contributed by atoms with van der Waals surface area (Å²) in [4.78, 5) is 13.1. The van der Waals surface area contributed by atoms with Crippen LogP contribution < -0.4 is 5.32 Å². The number of nitrogens with one attached hydrogen (secondary N) is 1. The molecule has 1 amide bonds. The van der Waals surface area contributed by atoms with Gasteiger partial charge in [-0.3, -0.25) is 9.69 Å². The van der Waals surface area contributed by atoms with Crippen LogP contribution in [0.1, 0.15) is 6.42 Å². The second-order valence-corrected chi connectivity index (χ2v) is 5.48. The van der Waals surface area contributed by atoms with E-state index >= 15 is 0 Å². The predicted octanol–water partition coefficient (Wildman–Crippen LogP) is 3.03. The minimum Gasteiger partial charge on any atom is -0.396 e. The van der Waals surface area contributed by atoms with Gasteiger partial charge in [-0.15, -0.1) is 0 Å². The molecule has 2 aromatic rings. The number of aliphatic hydroxyl groups excluding tert-OH is 1. The van der Waals surface area contributed by atoms with Gasteiger partial charge in [0, 0.05) is 24.2 Å². The monoisotopic (exact) mass is 340 g/mol. The number of aliphatic hydroxyl groups is 1. The lowest BCUT2D eigenvalue weighted by Crippen LogP contribution is -2.40. The summed E-state index contributed by atoms with van der Waals surface area (Å²) in [7, 11) is 0. The van der Waals surface area contributed by atoms with Gasteiger partial charge < -0.3 is 10.4 Å². The highest BCUT2D eigenvalue weighted by molar-refractivity contribution is 6.02. The number of carbonyl (C=O) groups excluding carboxylic acids is 1. The Labute approximate surface area is 137 Å². The molecule has 0 aromatic heterocycles. The highest BCUT2D eigenvalue weighted by atomic mass is 19.4. The third-order valence-electron chi connectivity index (χ3n) is 3.47. The summed E-state index contributed by atoms with van der Waals surface area (Å²) in [5.41, 5.74) is 0.562. The first-order valence-corrected chi connectivity index (χ1v) is 7.56. The molecule has 0 aliphatic carbocycles. The van der Waals surface area contributed by atoms with Crippen LogP contribution in [0.4, 0.5) is 18.9 Å². The Morgan fingerprint density at radius 2 is 1.83 bits per heavy atom. The molecule has 0 saturated carbocycles. The molecular formula is C17H19F3N2O2. The van der Waals surface area contributed by atoms with E-state index < -0.39 is 18.6 Å².